The number of hydrogen-bond acceptors (Lipinski definition) is 8. The largest absolute Gasteiger partial charge is 0.403 e. The molecule has 0 atom stereocenters. The summed E-state index contributed by atoms with van der Waals surface area (Å²) in [5.74, 6) is -0.642. The van der Waals surface area contributed by atoms with Crippen LogP contribution in [-0.4, -0.2) is 41.8 Å². The Labute approximate surface area is 237 Å². The van der Waals surface area contributed by atoms with Crippen LogP contribution in [-0.2, 0) is 13.6 Å². The topological polar surface area (TPSA) is 170 Å². The van der Waals surface area contributed by atoms with Gasteiger partial charge in [-0.1, -0.05) is 34.9 Å². The number of rotatable bonds is 8. The number of carbonyl (C=O) groups is 2. The number of carbonyl (C=O) groups excluding carboxylic acids is 2. The molecule has 2 aromatic carbocycles. The van der Waals surface area contributed by atoms with E-state index in [2.05, 4.69) is 35.9 Å². The van der Waals surface area contributed by atoms with Crippen LogP contribution in [0.15, 0.2) is 77.7 Å². The normalized spacial score (nSPS) is 11.1. The van der Waals surface area contributed by atoms with Gasteiger partial charge in [0.15, 0.2) is 0 Å². The number of benzene rings is 2. The van der Waals surface area contributed by atoms with Crippen LogP contribution in [0.5, 0.6) is 0 Å². The van der Waals surface area contributed by atoms with Crippen molar-refractivity contribution in [2.24, 2.45) is 12.8 Å². The second kappa shape index (κ2) is 10.6. The first kappa shape index (κ1) is 25.8. The van der Waals surface area contributed by atoms with Crippen LogP contribution < -0.4 is 16.4 Å². The summed E-state index contributed by atoms with van der Waals surface area (Å²) in [7, 11) is 1.85. The molecule has 0 aliphatic rings. The fourth-order valence-corrected chi connectivity index (χ4v) is 4.58. The summed E-state index contributed by atoms with van der Waals surface area (Å²) >= 11 is 6.46. The average molecular weight is 568 g/mol. The summed E-state index contributed by atoms with van der Waals surface area (Å²) in [4.78, 5) is 32.0. The third kappa shape index (κ3) is 5.23. The first-order valence-corrected chi connectivity index (χ1v) is 12.8. The first-order chi connectivity index (χ1) is 19.9. The summed E-state index contributed by atoms with van der Waals surface area (Å²) in [5.41, 5.74) is 10.4. The number of aromatic nitrogens is 6. The Morgan fingerprint density at radius 1 is 1.10 bits per heavy atom. The number of nitrogens with one attached hydrogen (secondary N) is 3. The molecule has 204 valence electrons. The highest BCUT2D eigenvalue weighted by atomic mass is 35.5. The molecule has 0 aliphatic carbocycles. The molecule has 13 heteroatoms. The van der Waals surface area contributed by atoms with Gasteiger partial charge in [0, 0.05) is 59.8 Å². The number of anilines is 2. The van der Waals surface area contributed by atoms with Crippen molar-refractivity contribution in [1.29, 1.82) is 0 Å². The molecule has 0 saturated carbocycles. The van der Waals surface area contributed by atoms with Crippen LogP contribution in [0.3, 0.4) is 0 Å². The fourth-order valence-electron chi connectivity index (χ4n) is 4.36. The number of primary amides is 1. The quantitative estimate of drug-likeness (QED) is 0.209. The van der Waals surface area contributed by atoms with Gasteiger partial charge in [-0.15, -0.1) is 5.10 Å². The van der Waals surface area contributed by atoms with E-state index in [9.17, 15) is 9.59 Å². The summed E-state index contributed by atoms with van der Waals surface area (Å²) in [6.07, 6.45) is 7.20. The molecule has 0 saturated heterocycles. The smallest absolute Gasteiger partial charge is 0.320 e. The second-order valence-corrected chi connectivity index (χ2v) is 9.57. The van der Waals surface area contributed by atoms with Gasteiger partial charge in [0.05, 0.1) is 22.5 Å². The van der Waals surface area contributed by atoms with Gasteiger partial charge in [-0.3, -0.25) is 14.3 Å². The number of H-pyrrole nitrogens is 1. The molecule has 12 nitrogen and oxygen atoms in total. The number of aryl methyl sites for hydroxylation is 1. The van der Waals surface area contributed by atoms with Gasteiger partial charge in [0.2, 0.25) is 5.91 Å². The minimum Gasteiger partial charge on any atom is -0.403 e. The van der Waals surface area contributed by atoms with Crippen LogP contribution in [0.4, 0.5) is 11.7 Å². The van der Waals surface area contributed by atoms with Crippen molar-refractivity contribution < 1.29 is 14.0 Å². The molecule has 6 aromatic rings. The summed E-state index contributed by atoms with van der Waals surface area (Å²) in [6.45, 7) is 0.132. The fraction of sp³-hybridized carbons (Fsp3) is 0.0714. The number of halogens is 1. The standard InChI is InChI=1S/C28H22ClN9O3/c1-38-14-18(12-34-38)17-8-20-21(13-32-25(20)31-11-17)27-36-37-28(41-27)35-23-7-6-15(9-22(23)29)26(40)33-10-16-4-2-3-5-19(16)24(30)39/h2-9,11-14H,10H2,1H3,(H2,30,39)(H,31,32)(H,33,40)(H,35,37). The first-order valence-electron chi connectivity index (χ1n) is 12.4. The Morgan fingerprint density at radius 2 is 1.95 bits per heavy atom. The van der Waals surface area contributed by atoms with Crippen LogP contribution in [0.2, 0.25) is 5.02 Å². The van der Waals surface area contributed by atoms with Crippen molar-refractivity contribution in [1.82, 2.24) is 35.3 Å². The molecule has 0 spiro atoms. The van der Waals surface area contributed by atoms with Crippen molar-refractivity contribution in [2.75, 3.05) is 5.32 Å². The van der Waals surface area contributed by atoms with Crippen LogP contribution >= 0.6 is 11.6 Å². The number of nitrogens with two attached hydrogens (primary N) is 1. The molecule has 0 radical (unpaired) electrons. The number of pyridine rings is 1. The van der Waals surface area contributed by atoms with Gasteiger partial charge in [-0.05, 0) is 35.9 Å². The van der Waals surface area contributed by atoms with Gasteiger partial charge in [-0.2, -0.15) is 5.10 Å². The lowest BCUT2D eigenvalue weighted by atomic mass is 10.1. The predicted octanol–water partition coefficient (Wildman–Crippen LogP) is 4.44. The maximum atomic E-state index is 12.7. The SMILES string of the molecule is Cn1cc(-c2cnc3[nH]cc(-c4nnc(Nc5ccc(C(=O)NCc6ccccc6C(N)=O)cc5Cl)o4)c3c2)cn1. The third-order valence-corrected chi connectivity index (χ3v) is 6.73. The van der Waals surface area contributed by atoms with Crippen molar-refractivity contribution in [3.63, 3.8) is 0 Å². The molecule has 41 heavy (non-hydrogen) atoms. The molecule has 0 aliphatic heterocycles. The molecular weight excluding hydrogens is 546 g/mol. The molecule has 5 N–H and O–H groups in total. The number of fused-ring (bicyclic) bond motifs is 1. The Kier molecular flexibility index (Phi) is 6.65. The molecule has 0 bridgehead atoms. The predicted molar refractivity (Wildman–Crippen MR) is 152 cm³/mol. The van der Waals surface area contributed by atoms with E-state index in [1.807, 2.05) is 19.3 Å². The van der Waals surface area contributed by atoms with E-state index < -0.39 is 5.91 Å². The monoisotopic (exact) mass is 567 g/mol. The number of nitrogens with zero attached hydrogens (tertiary/aromatic N) is 5. The summed E-state index contributed by atoms with van der Waals surface area (Å²) in [5, 5.41) is 19.3. The second-order valence-electron chi connectivity index (χ2n) is 9.16. The molecule has 0 unspecified atom stereocenters. The van der Waals surface area contributed by atoms with Crippen molar-refractivity contribution in [2.45, 2.75) is 6.54 Å². The van der Waals surface area contributed by atoms with Gasteiger partial charge >= 0.3 is 6.01 Å². The highest BCUT2D eigenvalue weighted by Crippen LogP contribution is 2.32. The molecule has 4 aromatic heterocycles. The van der Waals surface area contributed by atoms with E-state index in [1.54, 1.807) is 59.7 Å². The molecule has 6 rings (SSSR count). The lowest BCUT2D eigenvalue weighted by Gasteiger charge is -2.10. The van der Waals surface area contributed by atoms with E-state index in [1.165, 1.54) is 6.07 Å². The van der Waals surface area contributed by atoms with Crippen LogP contribution in [0.25, 0.3) is 33.6 Å². The molecule has 0 fully saturated rings. The third-order valence-electron chi connectivity index (χ3n) is 6.42. The minimum absolute atomic E-state index is 0.118. The number of amides is 2. The van der Waals surface area contributed by atoms with Gasteiger partial charge in [0.25, 0.3) is 11.8 Å². The van der Waals surface area contributed by atoms with Gasteiger partial charge in [-0.25, -0.2) is 4.98 Å². The van der Waals surface area contributed by atoms with E-state index in [0.717, 1.165) is 16.5 Å². The number of hydrogen-bond donors (Lipinski definition) is 4. The Balaban J connectivity index is 1.16. The zero-order chi connectivity index (χ0) is 28.5. The lowest BCUT2D eigenvalue weighted by Crippen LogP contribution is -2.25. The highest BCUT2D eigenvalue weighted by molar-refractivity contribution is 6.33. The minimum atomic E-state index is -0.562. The Hall–Kier alpha value is -5.49. The van der Waals surface area contributed by atoms with Crippen LogP contribution in [0, 0.1) is 0 Å². The zero-order valence-corrected chi connectivity index (χ0v) is 22.3. The molecule has 2 amide bonds. The zero-order valence-electron chi connectivity index (χ0n) is 21.6. The molecule has 4 heterocycles. The summed E-state index contributed by atoms with van der Waals surface area (Å²) < 4.78 is 7.59. The van der Waals surface area contributed by atoms with Crippen molar-refractivity contribution >= 4 is 46.2 Å². The number of aromatic amines is 1. The van der Waals surface area contributed by atoms with Gasteiger partial charge in [0.1, 0.15) is 5.65 Å². The average Bonchev–Trinajstić information content (AvgIpc) is 3.72. The summed E-state index contributed by atoms with van der Waals surface area (Å²) in [6, 6.07) is 13.7. The van der Waals surface area contributed by atoms with E-state index in [4.69, 9.17) is 21.8 Å². The van der Waals surface area contributed by atoms with Crippen LogP contribution in [0.1, 0.15) is 26.3 Å². The van der Waals surface area contributed by atoms with Gasteiger partial charge < -0.3 is 25.8 Å². The molecular formula is C28H22ClN9O3. The van der Waals surface area contributed by atoms with Crippen molar-refractivity contribution in [3.05, 3.63) is 95.0 Å². The van der Waals surface area contributed by atoms with E-state index >= 15 is 0 Å². The Morgan fingerprint density at radius 3 is 2.73 bits per heavy atom. The lowest BCUT2D eigenvalue weighted by molar-refractivity contribution is 0.0946. The Bertz CT molecular complexity index is 1920. The maximum Gasteiger partial charge on any atom is 0.320 e. The van der Waals surface area contributed by atoms with E-state index in [-0.39, 0.29) is 29.4 Å². The maximum absolute atomic E-state index is 12.7. The highest BCUT2D eigenvalue weighted by Gasteiger charge is 2.17. The van der Waals surface area contributed by atoms with E-state index in [0.29, 0.717) is 33.6 Å². The van der Waals surface area contributed by atoms with Crippen molar-refractivity contribution in [3.8, 4) is 22.6 Å².